The van der Waals surface area contributed by atoms with Gasteiger partial charge in [-0.25, -0.2) is 0 Å². The fourth-order valence-electron chi connectivity index (χ4n) is 2.44. The zero-order valence-electron chi connectivity index (χ0n) is 12.5. The molecule has 126 valence electrons. The zero-order valence-corrected chi connectivity index (χ0v) is 17.1. The van der Waals surface area contributed by atoms with Crippen LogP contribution in [0.25, 0.3) is 5.76 Å². The fourth-order valence-corrected chi connectivity index (χ4v) is 3.17. The van der Waals surface area contributed by atoms with Gasteiger partial charge in [-0.1, -0.05) is 0 Å². The van der Waals surface area contributed by atoms with Crippen LogP contribution in [-0.2, 0) is 6.42 Å². The Morgan fingerprint density at radius 2 is 1.54 bits per heavy atom. The maximum Gasteiger partial charge on any atom is 0.165 e. The molecule has 0 spiro atoms. The molecule has 0 bridgehead atoms. The molecule has 0 saturated heterocycles. The molecule has 4 unspecified atom stereocenters. The second-order valence-electron chi connectivity index (χ2n) is 4.91. The molecule has 2 aromatic carbocycles. The van der Waals surface area contributed by atoms with E-state index in [0.717, 1.165) is 16.9 Å². The summed E-state index contributed by atoms with van der Waals surface area (Å²) in [5, 5.41) is 0. The number of fused-ring (bicyclic) bond motifs is 1. The summed E-state index contributed by atoms with van der Waals surface area (Å²) in [6.07, 6.45) is 2.68. The highest BCUT2D eigenvalue weighted by atomic mass is 31.0. The maximum absolute atomic E-state index is 6.05. The van der Waals surface area contributed by atoms with Crippen LogP contribution in [0.4, 0.5) is 0 Å². The smallest absolute Gasteiger partial charge is 0.165 e. The molecule has 0 amide bonds. The van der Waals surface area contributed by atoms with Crippen molar-refractivity contribution in [3.05, 3.63) is 47.5 Å². The molecule has 1 aliphatic rings. The van der Waals surface area contributed by atoms with E-state index in [1.807, 2.05) is 36.4 Å². The summed E-state index contributed by atoms with van der Waals surface area (Å²) in [6.45, 7) is 0. The second kappa shape index (κ2) is 7.85. The third kappa shape index (κ3) is 3.46. The first-order valence-electron chi connectivity index (χ1n) is 6.86. The van der Waals surface area contributed by atoms with Crippen LogP contribution in [0.1, 0.15) is 11.1 Å². The van der Waals surface area contributed by atoms with Crippen molar-refractivity contribution < 1.29 is 22.8 Å². The van der Waals surface area contributed by atoms with E-state index in [0.29, 0.717) is 35.2 Å². The molecule has 24 heavy (non-hydrogen) atoms. The van der Waals surface area contributed by atoms with Crippen molar-refractivity contribution in [2.75, 3.05) is 0 Å². The standard InChI is InChI=1S/C15H16O5P4/c21-17-9-6-13-10(14(7-9)19-23)2-4-11(16-13)8-1-3-12(18-22)15(5-8)20-24/h1,3-7H,2,21-24H2. The Hall–Kier alpha value is -1.10. The second-order valence-corrected chi connectivity index (χ2v) is 5.85. The topological polar surface area (TPSA) is 46.2 Å². The Morgan fingerprint density at radius 1 is 0.792 bits per heavy atom. The van der Waals surface area contributed by atoms with Crippen LogP contribution in [0.3, 0.4) is 0 Å². The Morgan fingerprint density at radius 3 is 2.21 bits per heavy atom. The average Bonchev–Trinajstić information content (AvgIpc) is 2.65. The van der Waals surface area contributed by atoms with Crippen LogP contribution in [0.15, 0.2) is 36.4 Å². The van der Waals surface area contributed by atoms with Crippen molar-refractivity contribution >= 4 is 43.6 Å². The lowest BCUT2D eigenvalue weighted by Crippen LogP contribution is -2.05. The molecule has 5 nitrogen and oxygen atoms in total. The number of rotatable bonds is 5. The minimum atomic E-state index is 0.596. The molecule has 4 atom stereocenters. The molecule has 3 rings (SSSR count). The Labute approximate surface area is 149 Å². The van der Waals surface area contributed by atoms with Crippen LogP contribution in [0.2, 0.25) is 0 Å². The summed E-state index contributed by atoms with van der Waals surface area (Å²) in [5.41, 5.74) is 1.85. The predicted octanol–water partition coefficient (Wildman–Crippen LogP) is 4.34. The quantitative estimate of drug-likeness (QED) is 0.699. The molecule has 0 radical (unpaired) electrons. The van der Waals surface area contributed by atoms with Crippen molar-refractivity contribution in [2.45, 2.75) is 6.42 Å². The van der Waals surface area contributed by atoms with E-state index in [-0.39, 0.29) is 0 Å². The van der Waals surface area contributed by atoms with Crippen molar-refractivity contribution in [3.8, 4) is 28.7 Å². The van der Waals surface area contributed by atoms with Gasteiger partial charge in [0.15, 0.2) is 11.5 Å². The monoisotopic (exact) mass is 400 g/mol. The maximum atomic E-state index is 6.05. The van der Waals surface area contributed by atoms with Gasteiger partial charge in [-0.2, -0.15) is 0 Å². The van der Waals surface area contributed by atoms with Crippen molar-refractivity contribution in [3.63, 3.8) is 0 Å². The molecule has 0 fully saturated rings. The highest BCUT2D eigenvalue weighted by molar-refractivity contribution is 7.11. The summed E-state index contributed by atoms with van der Waals surface area (Å²) in [5.74, 6) is 3.98. The van der Waals surface area contributed by atoms with Gasteiger partial charge in [0.05, 0.1) is 37.9 Å². The van der Waals surface area contributed by atoms with Gasteiger partial charge < -0.3 is 22.8 Å². The summed E-state index contributed by atoms with van der Waals surface area (Å²) in [7, 11) is 8.88. The highest BCUT2D eigenvalue weighted by Crippen LogP contribution is 2.42. The van der Waals surface area contributed by atoms with E-state index in [4.69, 9.17) is 22.8 Å². The largest absolute Gasteiger partial charge is 0.480 e. The van der Waals surface area contributed by atoms with Crippen LogP contribution >= 0.6 is 37.9 Å². The normalized spacial score (nSPS) is 12.6. The molecule has 0 aromatic heterocycles. The lowest BCUT2D eigenvalue weighted by atomic mass is 10.0. The first-order valence-corrected chi connectivity index (χ1v) is 8.75. The molecular formula is C15H16O5P4. The van der Waals surface area contributed by atoms with E-state index < -0.39 is 0 Å². The Bertz CT molecular complexity index is 794. The molecule has 1 aliphatic heterocycles. The van der Waals surface area contributed by atoms with Gasteiger partial charge >= 0.3 is 0 Å². The van der Waals surface area contributed by atoms with Crippen LogP contribution in [-0.4, -0.2) is 0 Å². The third-order valence-corrected chi connectivity index (χ3v) is 4.63. The molecule has 9 heteroatoms. The number of ether oxygens (including phenoxy) is 1. The first kappa shape index (κ1) is 17.7. The van der Waals surface area contributed by atoms with Crippen molar-refractivity contribution in [1.82, 2.24) is 0 Å². The van der Waals surface area contributed by atoms with Crippen molar-refractivity contribution in [2.24, 2.45) is 0 Å². The van der Waals surface area contributed by atoms with Crippen LogP contribution in [0.5, 0.6) is 28.7 Å². The zero-order chi connectivity index (χ0) is 17.1. The Balaban J connectivity index is 1.96. The van der Waals surface area contributed by atoms with E-state index in [2.05, 4.69) is 37.9 Å². The number of allylic oxidation sites excluding steroid dienone is 1. The number of hydrogen-bond acceptors (Lipinski definition) is 5. The van der Waals surface area contributed by atoms with Gasteiger partial charge in [0, 0.05) is 29.7 Å². The lowest BCUT2D eigenvalue weighted by molar-refractivity contribution is 0.485. The third-order valence-electron chi connectivity index (χ3n) is 3.60. The van der Waals surface area contributed by atoms with E-state index in [1.165, 1.54) is 0 Å². The molecular weight excluding hydrogens is 384 g/mol. The number of benzene rings is 2. The molecule has 0 N–H and O–H groups in total. The van der Waals surface area contributed by atoms with Crippen molar-refractivity contribution in [1.29, 1.82) is 0 Å². The van der Waals surface area contributed by atoms with E-state index in [9.17, 15) is 0 Å². The van der Waals surface area contributed by atoms with Crippen LogP contribution < -0.4 is 22.8 Å². The highest BCUT2D eigenvalue weighted by Gasteiger charge is 2.20. The van der Waals surface area contributed by atoms with E-state index >= 15 is 0 Å². The van der Waals surface area contributed by atoms with Gasteiger partial charge in [-0.3, -0.25) is 0 Å². The molecule has 0 aliphatic carbocycles. The van der Waals surface area contributed by atoms with Crippen LogP contribution in [0, 0.1) is 0 Å². The van der Waals surface area contributed by atoms with Gasteiger partial charge in [-0.15, -0.1) is 0 Å². The summed E-state index contributed by atoms with van der Waals surface area (Å²) < 4.78 is 27.0. The number of hydrogen-bond donors (Lipinski definition) is 0. The SMILES string of the molecule is POc1cc(OP)c2c(c1)OC(c1ccc(OP)c(OP)c1)=CC2. The fraction of sp³-hybridized carbons (Fsp3) is 0.0667. The average molecular weight is 400 g/mol. The van der Waals surface area contributed by atoms with E-state index in [1.54, 1.807) is 0 Å². The summed E-state index contributed by atoms with van der Waals surface area (Å²) in [4.78, 5) is 0. The molecule has 1 heterocycles. The van der Waals surface area contributed by atoms with Gasteiger partial charge in [-0.05, 0) is 24.3 Å². The molecule has 0 saturated carbocycles. The summed E-state index contributed by atoms with van der Waals surface area (Å²) in [6, 6.07) is 9.22. The van der Waals surface area contributed by atoms with Gasteiger partial charge in [0.25, 0.3) is 0 Å². The van der Waals surface area contributed by atoms with Gasteiger partial charge in [0.2, 0.25) is 0 Å². The van der Waals surface area contributed by atoms with Gasteiger partial charge in [0.1, 0.15) is 23.0 Å². The first-order chi connectivity index (χ1) is 11.7. The molecule has 2 aromatic rings. The summed E-state index contributed by atoms with van der Waals surface area (Å²) >= 11 is 0. The minimum absolute atomic E-state index is 0.596. The lowest BCUT2D eigenvalue weighted by Gasteiger charge is -2.21. The predicted molar refractivity (Wildman–Crippen MR) is 107 cm³/mol. The Kier molecular flexibility index (Phi) is 5.80. The minimum Gasteiger partial charge on any atom is -0.480 e.